The van der Waals surface area contributed by atoms with Crippen LogP contribution < -0.4 is 5.32 Å². The number of Topliss-reactive ketones (excluding diaryl/α,β-unsaturated/α-hetero) is 1. The molecule has 0 spiro atoms. The summed E-state index contributed by atoms with van der Waals surface area (Å²) in [6.45, 7) is 2.86. The van der Waals surface area contributed by atoms with Crippen LogP contribution in [0.25, 0.3) is 0 Å². The van der Waals surface area contributed by atoms with Gasteiger partial charge in [-0.3, -0.25) is 4.79 Å². The van der Waals surface area contributed by atoms with E-state index < -0.39 is 0 Å². The third-order valence-corrected chi connectivity index (χ3v) is 2.73. The summed E-state index contributed by atoms with van der Waals surface area (Å²) in [7, 11) is 0. The Hall–Kier alpha value is -1.09. The number of rotatable bonds is 2. The van der Waals surface area contributed by atoms with Crippen LogP contribution in [0.5, 0.6) is 0 Å². The number of likely N-dealkylation sites (tertiary alicyclic amines) is 1. The number of nitrogens with zero attached hydrogens (tertiary/aromatic N) is 1. The molecule has 2 aliphatic rings. The largest absolute Gasteiger partial charge is 0.383 e. The van der Waals surface area contributed by atoms with Crippen molar-refractivity contribution in [1.82, 2.24) is 10.2 Å². The lowest BCUT2D eigenvalue weighted by molar-refractivity contribution is -0.121. The van der Waals surface area contributed by atoms with Gasteiger partial charge < -0.3 is 10.2 Å². The molecule has 0 aromatic carbocycles. The minimum Gasteiger partial charge on any atom is -0.383 e. The molecular weight excluding hydrogens is 176 g/mol. The second-order valence-electron chi connectivity index (χ2n) is 3.86. The molecule has 0 aliphatic carbocycles. The lowest BCUT2D eigenvalue weighted by atomic mass is 10.1. The number of nitrogens with one attached hydrogen (secondary N) is 1. The molecule has 2 heterocycles. The minimum atomic E-state index is 0.410. The number of ketones is 1. The summed E-state index contributed by atoms with van der Waals surface area (Å²) in [6, 6.07) is 0.410. The lowest BCUT2D eigenvalue weighted by Gasteiger charge is -2.29. The first-order valence-electron chi connectivity index (χ1n) is 5.18. The number of hydrogen-bond acceptors (Lipinski definition) is 3. The van der Waals surface area contributed by atoms with Crippen molar-refractivity contribution in [3.8, 4) is 0 Å². The molecule has 76 valence electrons. The van der Waals surface area contributed by atoms with Gasteiger partial charge in [0.05, 0.1) is 6.04 Å². The number of carbonyl (C=O) groups is 1. The van der Waals surface area contributed by atoms with Gasteiger partial charge in [0, 0.05) is 32.5 Å². The average molecular weight is 192 g/mol. The van der Waals surface area contributed by atoms with Crippen molar-refractivity contribution in [2.75, 3.05) is 19.6 Å². The van der Waals surface area contributed by atoms with E-state index in [1.165, 1.54) is 0 Å². The summed E-state index contributed by atoms with van der Waals surface area (Å²) in [4.78, 5) is 13.4. The highest BCUT2D eigenvalue weighted by Crippen LogP contribution is 2.07. The zero-order chi connectivity index (χ0) is 9.80. The molecule has 2 aliphatic heterocycles. The van der Waals surface area contributed by atoms with E-state index in [2.05, 4.69) is 22.4 Å². The predicted octanol–water partition coefficient (Wildman–Crippen LogP) is 0.693. The van der Waals surface area contributed by atoms with E-state index in [0.29, 0.717) is 11.8 Å². The summed E-state index contributed by atoms with van der Waals surface area (Å²) in [5.41, 5.74) is 0. The molecule has 3 nitrogen and oxygen atoms in total. The summed E-state index contributed by atoms with van der Waals surface area (Å²) >= 11 is 0. The molecule has 0 aromatic heterocycles. The number of dihydropyridines is 1. The van der Waals surface area contributed by atoms with Crippen molar-refractivity contribution in [3.63, 3.8) is 0 Å². The summed E-state index contributed by atoms with van der Waals surface area (Å²) in [5.74, 6) is 0.410. The topological polar surface area (TPSA) is 32.3 Å². The zero-order valence-corrected chi connectivity index (χ0v) is 8.28. The van der Waals surface area contributed by atoms with E-state index in [1.54, 1.807) is 0 Å². The van der Waals surface area contributed by atoms with E-state index in [9.17, 15) is 4.79 Å². The molecule has 0 radical (unpaired) electrons. The van der Waals surface area contributed by atoms with Gasteiger partial charge in [0.2, 0.25) is 0 Å². The molecule has 1 atom stereocenters. The van der Waals surface area contributed by atoms with E-state index in [4.69, 9.17) is 0 Å². The lowest BCUT2D eigenvalue weighted by Crippen LogP contribution is -2.42. The van der Waals surface area contributed by atoms with Gasteiger partial charge in [-0.2, -0.15) is 0 Å². The van der Waals surface area contributed by atoms with Gasteiger partial charge in [-0.25, -0.2) is 0 Å². The SMILES string of the molecule is O=C1CCN(CC2C=CC=CN2)CC1. The van der Waals surface area contributed by atoms with Gasteiger partial charge in [-0.15, -0.1) is 0 Å². The monoisotopic (exact) mass is 192 g/mol. The fourth-order valence-electron chi connectivity index (χ4n) is 1.87. The molecule has 14 heavy (non-hydrogen) atoms. The third-order valence-electron chi connectivity index (χ3n) is 2.73. The van der Waals surface area contributed by atoms with Crippen molar-refractivity contribution in [1.29, 1.82) is 0 Å². The predicted molar refractivity (Wildman–Crippen MR) is 55.9 cm³/mol. The molecule has 3 heteroatoms. The van der Waals surface area contributed by atoms with Gasteiger partial charge >= 0.3 is 0 Å². The van der Waals surface area contributed by atoms with Crippen molar-refractivity contribution < 1.29 is 4.79 Å². The van der Waals surface area contributed by atoms with Crippen LogP contribution in [0, 0.1) is 0 Å². The summed E-state index contributed by atoms with van der Waals surface area (Å²) in [6.07, 6.45) is 9.65. The van der Waals surface area contributed by atoms with Gasteiger partial charge in [-0.05, 0) is 12.3 Å². The van der Waals surface area contributed by atoms with Crippen LogP contribution in [0.2, 0.25) is 0 Å². The standard InChI is InChI=1S/C11H16N2O/c14-11-4-7-13(8-5-11)9-10-3-1-2-6-12-10/h1-3,6,10,12H,4-5,7-9H2. The maximum absolute atomic E-state index is 11.0. The molecule has 1 unspecified atom stereocenters. The maximum Gasteiger partial charge on any atom is 0.135 e. The zero-order valence-electron chi connectivity index (χ0n) is 8.28. The Labute approximate surface area is 84.5 Å². The second-order valence-corrected chi connectivity index (χ2v) is 3.86. The number of allylic oxidation sites excluding steroid dienone is 2. The molecule has 0 saturated carbocycles. The van der Waals surface area contributed by atoms with Crippen molar-refractivity contribution in [2.45, 2.75) is 18.9 Å². The number of carbonyl (C=O) groups excluding carboxylic acids is 1. The van der Waals surface area contributed by atoms with Crippen LogP contribution in [-0.4, -0.2) is 36.4 Å². The average Bonchev–Trinajstić information content (AvgIpc) is 2.23. The summed E-state index contributed by atoms with van der Waals surface area (Å²) in [5, 5.41) is 3.28. The number of piperidine rings is 1. The van der Waals surface area contributed by atoms with Crippen LogP contribution in [0.15, 0.2) is 24.4 Å². The smallest absolute Gasteiger partial charge is 0.135 e. The fraction of sp³-hybridized carbons (Fsp3) is 0.545. The van der Waals surface area contributed by atoms with Gasteiger partial charge in [-0.1, -0.05) is 12.2 Å². The van der Waals surface area contributed by atoms with Crippen LogP contribution in [0.3, 0.4) is 0 Å². The molecular formula is C11H16N2O. The molecule has 2 rings (SSSR count). The van der Waals surface area contributed by atoms with Crippen molar-refractivity contribution in [3.05, 3.63) is 24.4 Å². The van der Waals surface area contributed by atoms with E-state index in [1.807, 2.05) is 12.3 Å². The first-order valence-corrected chi connectivity index (χ1v) is 5.18. The highest BCUT2D eigenvalue weighted by Gasteiger charge is 2.18. The summed E-state index contributed by atoms with van der Waals surface area (Å²) < 4.78 is 0. The van der Waals surface area contributed by atoms with E-state index in [-0.39, 0.29) is 0 Å². The van der Waals surface area contributed by atoms with Gasteiger partial charge in [0.15, 0.2) is 0 Å². The van der Waals surface area contributed by atoms with Crippen LogP contribution >= 0.6 is 0 Å². The third kappa shape index (κ3) is 2.45. The normalized spacial score (nSPS) is 27.7. The van der Waals surface area contributed by atoms with E-state index >= 15 is 0 Å². The highest BCUT2D eigenvalue weighted by atomic mass is 16.1. The first kappa shape index (κ1) is 9.46. The minimum absolute atomic E-state index is 0.410. The Morgan fingerprint density at radius 2 is 2.14 bits per heavy atom. The van der Waals surface area contributed by atoms with Gasteiger partial charge in [0.1, 0.15) is 5.78 Å². The Morgan fingerprint density at radius 1 is 1.36 bits per heavy atom. The molecule has 0 bridgehead atoms. The molecule has 1 saturated heterocycles. The Bertz CT molecular complexity index is 260. The van der Waals surface area contributed by atoms with Gasteiger partial charge in [0.25, 0.3) is 0 Å². The Balaban J connectivity index is 1.77. The quantitative estimate of drug-likeness (QED) is 0.698. The molecule has 1 N–H and O–H groups in total. The Kier molecular flexibility index (Phi) is 2.99. The van der Waals surface area contributed by atoms with Crippen LogP contribution in [0.1, 0.15) is 12.8 Å². The van der Waals surface area contributed by atoms with Crippen LogP contribution in [-0.2, 0) is 4.79 Å². The number of hydrogen-bond donors (Lipinski definition) is 1. The van der Waals surface area contributed by atoms with Crippen molar-refractivity contribution >= 4 is 5.78 Å². The molecule has 0 amide bonds. The van der Waals surface area contributed by atoms with Crippen LogP contribution in [0.4, 0.5) is 0 Å². The first-order chi connectivity index (χ1) is 6.84. The fourth-order valence-corrected chi connectivity index (χ4v) is 1.87. The molecule has 1 fully saturated rings. The highest BCUT2D eigenvalue weighted by molar-refractivity contribution is 5.79. The molecule has 0 aromatic rings. The maximum atomic E-state index is 11.0. The Morgan fingerprint density at radius 3 is 2.79 bits per heavy atom. The second kappa shape index (κ2) is 4.42. The van der Waals surface area contributed by atoms with E-state index in [0.717, 1.165) is 32.5 Å². The van der Waals surface area contributed by atoms with Crippen molar-refractivity contribution in [2.24, 2.45) is 0 Å².